The number of nitrogens with zero attached hydrogens (tertiary/aromatic N) is 2. The number of fused-ring (bicyclic) bond motifs is 2. The number of hydrogen-bond acceptors (Lipinski definition) is 4. The number of carbonyl (C=O) groups is 2. The second-order valence-electron chi connectivity index (χ2n) is 5.03. The van der Waals surface area contributed by atoms with Crippen LogP contribution in [-0.2, 0) is 0 Å². The van der Waals surface area contributed by atoms with Crippen LogP contribution in [0.5, 0.6) is 0 Å². The molecule has 0 saturated carbocycles. The van der Waals surface area contributed by atoms with Crippen molar-refractivity contribution in [2.45, 2.75) is 0 Å². The summed E-state index contributed by atoms with van der Waals surface area (Å²) in [5.41, 5.74) is 1.15. The van der Waals surface area contributed by atoms with Crippen LogP contribution < -0.4 is 4.90 Å². The van der Waals surface area contributed by atoms with Crippen LogP contribution >= 0.6 is 86.7 Å². The van der Waals surface area contributed by atoms with Crippen LogP contribution in [0.25, 0.3) is 10.2 Å². The van der Waals surface area contributed by atoms with E-state index >= 15 is 0 Å². The van der Waals surface area contributed by atoms with Crippen molar-refractivity contribution < 1.29 is 9.59 Å². The SMILES string of the molecule is O=C1c2c(Br)c(Br)c(Br)c(Br)c2C(=O)N1c1nc2c(Cl)cccc2s1. The van der Waals surface area contributed by atoms with Crippen molar-refractivity contribution in [3.63, 3.8) is 0 Å². The Balaban J connectivity index is 1.95. The Morgan fingerprint density at radius 2 is 1.48 bits per heavy atom. The molecule has 4 rings (SSSR count). The molecule has 2 heterocycles. The summed E-state index contributed by atoms with van der Waals surface area (Å²) in [6.07, 6.45) is 0. The monoisotopic (exact) mass is 626 g/mol. The molecule has 0 atom stereocenters. The van der Waals surface area contributed by atoms with E-state index in [0.29, 0.717) is 33.6 Å². The Bertz CT molecular complexity index is 1070. The van der Waals surface area contributed by atoms with E-state index in [1.807, 2.05) is 6.07 Å². The number of hydrogen-bond donors (Lipinski definition) is 0. The number of amides is 2. The van der Waals surface area contributed by atoms with Gasteiger partial charge in [-0.2, -0.15) is 0 Å². The van der Waals surface area contributed by atoms with Crippen molar-refractivity contribution in [2.24, 2.45) is 0 Å². The first-order valence-electron chi connectivity index (χ1n) is 6.62. The molecule has 0 bridgehead atoms. The van der Waals surface area contributed by atoms with Gasteiger partial charge in [0, 0.05) is 17.9 Å². The fourth-order valence-corrected chi connectivity index (χ4v) is 6.24. The molecule has 2 amide bonds. The van der Waals surface area contributed by atoms with E-state index in [1.165, 1.54) is 11.3 Å². The number of halogens is 5. The van der Waals surface area contributed by atoms with E-state index < -0.39 is 11.8 Å². The minimum atomic E-state index is -0.434. The number of para-hydroxylation sites is 1. The van der Waals surface area contributed by atoms with Crippen LogP contribution in [0.4, 0.5) is 5.13 Å². The topological polar surface area (TPSA) is 50.3 Å². The summed E-state index contributed by atoms with van der Waals surface area (Å²) >= 11 is 21.0. The van der Waals surface area contributed by atoms with Gasteiger partial charge in [-0.3, -0.25) is 9.59 Å². The summed E-state index contributed by atoms with van der Waals surface area (Å²) < 4.78 is 3.12. The predicted octanol–water partition coefficient (Wildman–Crippen LogP) is 6.80. The van der Waals surface area contributed by atoms with Crippen LogP contribution in [0, 0.1) is 0 Å². The predicted molar refractivity (Wildman–Crippen MR) is 113 cm³/mol. The lowest BCUT2D eigenvalue weighted by Crippen LogP contribution is -2.29. The fourth-order valence-electron chi connectivity index (χ4n) is 2.52. The molecule has 0 saturated heterocycles. The molecule has 1 aliphatic rings. The summed E-state index contributed by atoms with van der Waals surface area (Å²) in [5.74, 6) is -0.869. The highest BCUT2D eigenvalue weighted by atomic mass is 79.9. The summed E-state index contributed by atoms with van der Waals surface area (Å²) in [4.78, 5) is 31.4. The zero-order valence-corrected chi connectivity index (χ0v) is 19.7. The summed E-state index contributed by atoms with van der Waals surface area (Å²) in [6.45, 7) is 0. The van der Waals surface area contributed by atoms with Gasteiger partial charge in [0.1, 0.15) is 5.52 Å². The first kappa shape index (κ1) is 18.1. The number of imide groups is 1. The number of anilines is 1. The third-order valence-electron chi connectivity index (χ3n) is 3.65. The molecule has 0 fully saturated rings. The minimum absolute atomic E-state index is 0.289. The standard InChI is InChI=1S/C15H3Br4ClN2O2S/c16-8-6-7(9(17)11(19)10(8)18)14(24)22(13(6)23)15-21-12-4(20)2-1-3-5(12)25-15/h1-3H. The molecule has 126 valence electrons. The van der Waals surface area contributed by atoms with Crippen molar-refractivity contribution in [3.8, 4) is 0 Å². The fraction of sp³-hybridized carbons (Fsp3) is 0. The molecular formula is C15H3Br4ClN2O2S. The van der Waals surface area contributed by atoms with E-state index in [1.54, 1.807) is 12.1 Å². The normalized spacial score (nSPS) is 13.9. The van der Waals surface area contributed by atoms with E-state index in [-0.39, 0.29) is 11.1 Å². The second-order valence-corrected chi connectivity index (χ2v) is 9.62. The molecule has 3 aromatic rings. The van der Waals surface area contributed by atoms with E-state index in [9.17, 15) is 9.59 Å². The van der Waals surface area contributed by atoms with Gasteiger partial charge in [-0.1, -0.05) is 29.0 Å². The van der Waals surface area contributed by atoms with Crippen molar-refractivity contribution in [2.75, 3.05) is 4.90 Å². The van der Waals surface area contributed by atoms with Crippen LogP contribution in [0.15, 0.2) is 36.1 Å². The average Bonchev–Trinajstić information content (AvgIpc) is 3.10. The van der Waals surface area contributed by atoms with Crippen molar-refractivity contribution in [3.05, 3.63) is 52.2 Å². The second kappa shape index (κ2) is 6.38. The Morgan fingerprint density at radius 3 is 2.00 bits per heavy atom. The minimum Gasteiger partial charge on any atom is -0.268 e. The molecular weight excluding hydrogens is 627 g/mol. The Morgan fingerprint density at radius 1 is 0.920 bits per heavy atom. The zero-order valence-electron chi connectivity index (χ0n) is 11.7. The number of benzene rings is 2. The highest BCUT2D eigenvalue weighted by molar-refractivity contribution is 9.15. The van der Waals surface area contributed by atoms with Crippen LogP contribution in [0.1, 0.15) is 20.7 Å². The zero-order chi connectivity index (χ0) is 18.0. The van der Waals surface area contributed by atoms with E-state index in [2.05, 4.69) is 68.7 Å². The van der Waals surface area contributed by atoms with Gasteiger partial charge in [0.25, 0.3) is 11.8 Å². The lowest BCUT2D eigenvalue weighted by Gasteiger charge is -2.08. The molecule has 0 N–H and O–H groups in total. The molecule has 1 aromatic heterocycles. The molecule has 0 spiro atoms. The molecule has 0 radical (unpaired) electrons. The van der Waals surface area contributed by atoms with Gasteiger partial charge in [0.2, 0.25) is 5.13 Å². The van der Waals surface area contributed by atoms with E-state index in [0.717, 1.165) is 9.60 Å². The number of thiazole rings is 1. The third-order valence-corrected chi connectivity index (χ3v) is 9.73. The molecule has 25 heavy (non-hydrogen) atoms. The molecule has 0 unspecified atom stereocenters. The van der Waals surface area contributed by atoms with Crippen molar-refractivity contribution >= 4 is 114 Å². The Labute approximate surface area is 184 Å². The molecule has 4 nitrogen and oxygen atoms in total. The average molecular weight is 630 g/mol. The number of carbonyl (C=O) groups excluding carboxylic acids is 2. The third kappa shape index (κ3) is 2.58. The van der Waals surface area contributed by atoms with Crippen LogP contribution in [0.3, 0.4) is 0 Å². The number of aromatic nitrogens is 1. The van der Waals surface area contributed by atoms with Gasteiger partial charge in [-0.25, -0.2) is 9.88 Å². The van der Waals surface area contributed by atoms with Gasteiger partial charge < -0.3 is 0 Å². The lowest BCUT2D eigenvalue weighted by molar-refractivity contribution is 0.0926. The Hall–Kier alpha value is -0.320. The molecule has 10 heteroatoms. The maximum atomic E-state index is 13.0. The van der Waals surface area contributed by atoms with Gasteiger partial charge in [0.05, 0.1) is 20.8 Å². The number of rotatable bonds is 1. The largest absolute Gasteiger partial charge is 0.269 e. The maximum absolute atomic E-state index is 13.0. The first-order chi connectivity index (χ1) is 11.8. The van der Waals surface area contributed by atoms with Crippen molar-refractivity contribution in [1.82, 2.24) is 4.98 Å². The van der Waals surface area contributed by atoms with Gasteiger partial charge in [0.15, 0.2) is 0 Å². The van der Waals surface area contributed by atoms with Gasteiger partial charge >= 0.3 is 0 Å². The first-order valence-corrected chi connectivity index (χ1v) is 11.0. The molecule has 2 aromatic carbocycles. The highest BCUT2D eigenvalue weighted by Crippen LogP contribution is 2.47. The molecule has 0 aliphatic carbocycles. The molecule has 1 aliphatic heterocycles. The van der Waals surface area contributed by atoms with E-state index in [4.69, 9.17) is 11.6 Å². The summed E-state index contributed by atoms with van der Waals surface area (Å²) in [6, 6.07) is 5.37. The lowest BCUT2D eigenvalue weighted by atomic mass is 10.1. The van der Waals surface area contributed by atoms with Gasteiger partial charge in [-0.05, 0) is 75.9 Å². The summed E-state index contributed by atoms with van der Waals surface area (Å²) in [7, 11) is 0. The maximum Gasteiger partial charge on any atom is 0.269 e. The highest BCUT2D eigenvalue weighted by Gasteiger charge is 2.43. The van der Waals surface area contributed by atoms with Crippen molar-refractivity contribution in [1.29, 1.82) is 0 Å². The Kier molecular flexibility index (Phi) is 4.61. The summed E-state index contributed by atoms with van der Waals surface area (Å²) in [5, 5.41) is 0.768. The quantitative estimate of drug-likeness (QED) is 0.169. The van der Waals surface area contributed by atoms with Crippen LogP contribution in [0.2, 0.25) is 5.02 Å². The smallest absolute Gasteiger partial charge is 0.268 e. The van der Waals surface area contributed by atoms with Gasteiger partial charge in [-0.15, -0.1) is 0 Å². The van der Waals surface area contributed by atoms with Crippen LogP contribution in [-0.4, -0.2) is 16.8 Å².